The molecule has 0 amide bonds. The Labute approximate surface area is 185 Å². The normalized spacial score (nSPS) is 19.3. The minimum absolute atomic E-state index is 0.405. The summed E-state index contributed by atoms with van der Waals surface area (Å²) in [6, 6.07) is 6.53. The lowest BCUT2D eigenvalue weighted by atomic mass is 10.2. The highest BCUT2D eigenvalue weighted by molar-refractivity contribution is 5.91. The zero-order valence-corrected chi connectivity index (χ0v) is 18.2. The van der Waals surface area contributed by atoms with Crippen molar-refractivity contribution >= 4 is 28.2 Å². The zero-order chi connectivity index (χ0) is 22.0. The molecule has 1 aromatic carbocycles. The second kappa shape index (κ2) is 7.27. The van der Waals surface area contributed by atoms with Gasteiger partial charge in [-0.05, 0) is 50.9 Å². The molecule has 0 spiro atoms. The summed E-state index contributed by atoms with van der Waals surface area (Å²) >= 11 is 0. The lowest BCUT2D eigenvalue weighted by molar-refractivity contribution is 0.360. The van der Waals surface area contributed by atoms with Crippen LogP contribution in [0.5, 0.6) is 0 Å². The van der Waals surface area contributed by atoms with Crippen molar-refractivity contribution in [3.8, 4) is 5.82 Å². The summed E-state index contributed by atoms with van der Waals surface area (Å²) < 4.78 is 30.0. The Kier molecular flexibility index (Phi) is 4.47. The van der Waals surface area contributed by atoms with Gasteiger partial charge in [-0.25, -0.2) is 18.7 Å². The van der Waals surface area contributed by atoms with E-state index < -0.39 is 11.6 Å². The number of imidazole rings is 1. The molecular weight excluding hydrogens is 410 g/mol. The molecule has 0 atom stereocenters. The molecule has 0 radical (unpaired) electrons. The highest BCUT2D eigenvalue weighted by Crippen LogP contribution is 2.42. The molecule has 6 rings (SSSR count). The van der Waals surface area contributed by atoms with Gasteiger partial charge in [0, 0.05) is 38.3 Å². The molecule has 0 bridgehead atoms. The number of hydrogen-bond acceptors (Lipinski definition) is 5. The summed E-state index contributed by atoms with van der Waals surface area (Å²) in [4.78, 5) is 16.5. The lowest BCUT2D eigenvalue weighted by Crippen LogP contribution is -2.32. The van der Waals surface area contributed by atoms with E-state index in [9.17, 15) is 8.78 Å². The van der Waals surface area contributed by atoms with Crippen LogP contribution in [0.15, 0.2) is 30.8 Å². The van der Waals surface area contributed by atoms with Gasteiger partial charge in [0.25, 0.3) is 0 Å². The third kappa shape index (κ3) is 3.16. The first-order valence-corrected chi connectivity index (χ1v) is 11.3. The number of halogens is 2. The number of hydrogen-bond donors (Lipinski definition) is 0. The molecule has 3 aliphatic rings. The predicted octanol–water partition coefficient (Wildman–Crippen LogP) is 4.04. The van der Waals surface area contributed by atoms with Crippen molar-refractivity contribution in [1.82, 2.24) is 19.4 Å². The van der Waals surface area contributed by atoms with Crippen LogP contribution in [0.3, 0.4) is 0 Å². The maximum atomic E-state index is 14.2. The van der Waals surface area contributed by atoms with Crippen molar-refractivity contribution in [3.05, 3.63) is 48.3 Å². The Morgan fingerprint density at radius 3 is 2.66 bits per heavy atom. The predicted molar refractivity (Wildman–Crippen MR) is 122 cm³/mol. The minimum Gasteiger partial charge on any atom is -0.355 e. The van der Waals surface area contributed by atoms with E-state index in [1.54, 1.807) is 0 Å². The average Bonchev–Trinajstić information content (AvgIpc) is 3.56. The van der Waals surface area contributed by atoms with Gasteiger partial charge in [-0.2, -0.15) is 0 Å². The summed E-state index contributed by atoms with van der Waals surface area (Å²) in [5, 5.41) is 0. The van der Waals surface area contributed by atoms with Gasteiger partial charge >= 0.3 is 0 Å². The number of rotatable bonds is 3. The summed E-state index contributed by atoms with van der Waals surface area (Å²) in [5.41, 5.74) is 2.59. The number of aromatic nitrogens is 3. The smallest absolute Gasteiger partial charge is 0.165 e. The molecule has 2 fully saturated rings. The number of fused-ring (bicyclic) bond motifs is 5. The molecule has 0 N–H and O–H groups in total. The van der Waals surface area contributed by atoms with Crippen molar-refractivity contribution in [2.24, 2.45) is 5.92 Å². The van der Waals surface area contributed by atoms with Crippen molar-refractivity contribution in [1.29, 1.82) is 0 Å². The number of pyridine rings is 1. The number of benzene rings is 1. The summed E-state index contributed by atoms with van der Waals surface area (Å²) in [5.74, 6) is 1.04. The molecule has 8 heteroatoms. The quantitative estimate of drug-likeness (QED) is 0.620. The fraction of sp³-hybridized carbons (Fsp3) is 0.417. The number of anilines is 2. The summed E-state index contributed by atoms with van der Waals surface area (Å²) in [6.07, 6.45) is 3.49. The molecular formula is C24H26F2N6. The van der Waals surface area contributed by atoms with Gasteiger partial charge in [-0.15, -0.1) is 0 Å². The highest BCUT2D eigenvalue weighted by atomic mass is 19.2. The van der Waals surface area contributed by atoms with Crippen molar-refractivity contribution in [2.45, 2.75) is 19.3 Å². The van der Waals surface area contributed by atoms with Gasteiger partial charge in [0.15, 0.2) is 23.3 Å². The zero-order valence-electron chi connectivity index (χ0n) is 18.2. The van der Waals surface area contributed by atoms with Crippen LogP contribution in [-0.4, -0.2) is 59.2 Å². The van der Waals surface area contributed by atoms with E-state index in [1.165, 1.54) is 18.9 Å². The van der Waals surface area contributed by atoms with Crippen molar-refractivity contribution in [2.75, 3.05) is 49.6 Å². The van der Waals surface area contributed by atoms with Gasteiger partial charge in [-0.1, -0.05) is 6.58 Å². The number of likely N-dealkylation sites (N-methyl/N-ethyl adjacent to an activating group) is 1. The highest BCUT2D eigenvalue weighted by Gasteiger charge is 2.34. The fourth-order valence-electron chi connectivity index (χ4n) is 4.77. The van der Waals surface area contributed by atoms with Crippen LogP contribution in [0.2, 0.25) is 0 Å². The minimum atomic E-state index is -0.899. The Morgan fingerprint density at radius 1 is 1.03 bits per heavy atom. The van der Waals surface area contributed by atoms with Crippen molar-refractivity contribution < 1.29 is 8.78 Å². The maximum Gasteiger partial charge on any atom is 0.165 e. The van der Waals surface area contributed by atoms with Crippen LogP contribution in [0.25, 0.3) is 22.5 Å². The summed E-state index contributed by atoms with van der Waals surface area (Å²) in [7, 11) is 2.14. The van der Waals surface area contributed by atoms with E-state index in [0.29, 0.717) is 28.6 Å². The first kappa shape index (κ1) is 19.7. The van der Waals surface area contributed by atoms with E-state index in [0.717, 1.165) is 62.4 Å². The van der Waals surface area contributed by atoms with E-state index in [4.69, 9.17) is 4.98 Å². The Morgan fingerprint density at radius 2 is 1.84 bits per heavy atom. The van der Waals surface area contributed by atoms with E-state index in [1.807, 2.05) is 4.57 Å². The molecule has 6 nitrogen and oxygen atoms in total. The van der Waals surface area contributed by atoms with Gasteiger partial charge in [-0.3, -0.25) is 4.57 Å². The Balaban J connectivity index is 1.52. The van der Waals surface area contributed by atoms with Crippen LogP contribution in [0.4, 0.5) is 20.3 Å². The molecule has 1 saturated heterocycles. The third-order valence-electron chi connectivity index (χ3n) is 6.80. The van der Waals surface area contributed by atoms with Crippen LogP contribution >= 0.6 is 0 Å². The first-order valence-electron chi connectivity index (χ1n) is 11.3. The SMILES string of the molecule is C=C1c2nc3cc(F)c(F)cc3n2-c2nc(N3CCCN(C)CC3)ccc2N1CC1CC1. The lowest BCUT2D eigenvalue weighted by Gasteiger charge is -2.34. The largest absolute Gasteiger partial charge is 0.355 e. The average molecular weight is 437 g/mol. The van der Waals surface area contributed by atoms with E-state index >= 15 is 0 Å². The van der Waals surface area contributed by atoms with Gasteiger partial charge in [0.2, 0.25) is 0 Å². The van der Waals surface area contributed by atoms with E-state index in [-0.39, 0.29) is 0 Å². The molecule has 4 heterocycles. The monoisotopic (exact) mass is 436 g/mol. The molecule has 0 unspecified atom stereocenters. The molecule has 2 aliphatic heterocycles. The van der Waals surface area contributed by atoms with Crippen LogP contribution in [0, 0.1) is 17.6 Å². The fourth-order valence-corrected chi connectivity index (χ4v) is 4.77. The van der Waals surface area contributed by atoms with Crippen LogP contribution in [-0.2, 0) is 0 Å². The molecule has 32 heavy (non-hydrogen) atoms. The van der Waals surface area contributed by atoms with Gasteiger partial charge < -0.3 is 14.7 Å². The second-order valence-corrected chi connectivity index (χ2v) is 9.18. The van der Waals surface area contributed by atoms with E-state index in [2.05, 4.69) is 45.4 Å². The molecule has 166 valence electrons. The molecule has 2 aromatic heterocycles. The van der Waals surface area contributed by atoms with Crippen LogP contribution in [0.1, 0.15) is 25.1 Å². The van der Waals surface area contributed by atoms with Crippen LogP contribution < -0.4 is 9.80 Å². The third-order valence-corrected chi connectivity index (χ3v) is 6.80. The Hall–Kier alpha value is -3.00. The van der Waals surface area contributed by atoms with Gasteiger partial charge in [0.1, 0.15) is 5.82 Å². The van der Waals surface area contributed by atoms with Gasteiger partial charge in [0.05, 0.1) is 22.4 Å². The number of nitrogens with zero attached hydrogens (tertiary/aromatic N) is 6. The first-order chi connectivity index (χ1) is 15.5. The standard InChI is InChI=1S/C24H26F2N6/c1-15-23-27-19-12-17(25)18(26)13-21(19)32(23)24-20(31(15)14-16-4-5-16)6-7-22(28-24)30-9-3-8-29(2)10-11-30/h6-7,12-13,16H,1,3-5,8-11,14H2,2H3. The topological polar surface area (TPSA) is 40.4 Å². The maximum absolute atomic E-state index is 14.2. The molecule has 1 aliphatic carbocycles. The second-order valence-electron chi connectivity index (χ2n) is 9.18. The molecule has 1 saturated carbocycles. The van der Waals surface area contributed by atoms with Crippen molar-refractivity contribution in [3.63, 3.8) is 0 Å². The summed E-state index contributed by atoms with van der Waals surface area (Å²) in [6.45, 7) is 9.04. The molecule has 3 aromatic rings. The Bertz CT molecular complexity index is 1230.